The van der Waals surface area contributed by atoms with Crippen LogP contribution >= 0.6 is 0 Å². The first kappa shape index (κ1) is 9.12. The van der Waals surface area contributed by atoms with Crippen LogP contribution in [0.4, 0.5) is 0 Å². The Bertz CT molecular complexity index is 484. The van der Waals surface area contributed by atoms with Crippen LogP contribution in [0.5, 0.6) is 0 Å². The summed E-state index contributed by atoms with van der Waals surface area (Å²) in [7, 11) is 0. The smallest absolute Gasteiger partial charge is 0.166 e. The van der Waals surface area contributed by atoms with Gasteiger partial charge >= 0.3 is 0 Å². The molecule has 0 atom stereocenters. The molecule has 4 heteroatoms. The van der Waals surface area contributed by atoms with E-state index in [1.165, 1.54) is 0 Å². The molecule has 0 aliphatic heterocycles. The van der Waals surface area contributed by atoms with Crippen molar-refractivity contribution in [2.24, 2.45) is 0 Å². The van der Waals surface area contributed by atoms with Gasteiger partial charge in [-0.15, -0.1) is 10.2 Å². The van der Waals surface area contributed by atoms with Crippen molar-refractivity contribution in [3.63, 3.8) is 0 Å². The summed E-state index contributed by atoms with van der Waals surface area (Å²) in [4.78, 5) is 4.47. The number of aryl methyl sites for hydroxylation is 4. The number of hydrogen-bond acceptors (Lipinski definition) is 3. The molecule has 2 heterocycles. The van der Waals surface area contributed by atoms with Crippen LogP contribution < -0.4 is 0 Å². The second-order valence-corrected chi connectivity index (χ2v) is 3.50. The van der Waals surface area contributed by atoms with Crippen molar-refractivity contribution in [1.29, 1.82) is 0 Å². The lowest BCUT2D eigenvalue weighted by Crippen LogP contribution is -2.03. The van der Waals surface area contributed by atoms with Crippen molar-refractivity contribution in [2.75, 3.05) is 0 Å². The van der Waals surface area contributed by atoms with Crippen LogP contribution in [0.2, 0.25) is 0 Å². The van der Waals surface area contributed by atoms with Gasteiger partial charge in [-0.25, -0.2) is 4.98 Å². The maximum absolute atomic E-state index is 4.47. The molecule has 0 saturated heterocycles. The van der Waals surface area contributed by atoms with E-state index in [0.29, 0.717) is 0 Å². The predicted octanol–water partition coefficient (Wildman–Crippen LogP) is 1.61. The fourth-order valence-corrected chi connectivity index (χ4v) is 1.67. The molecule has 74 valence electrons. The highest BCUT2D eigenvalue weighted by Crippen LogP contribution is 2.14. The van der Waals surface area contributed by atoms with Crippen LogP contribution in [-0.4, -0.2) is 19.6 Å². The monoisotopic (exact) mass is 190 g/mol. The molecule has 0 bridgehead atoms. The lowest BCUT2D eigenvalue weighted by Gasteiger charge is -2.05. The third-order valence-corrected chi connectivity index (χ3v) is 2.58. The van der Waals surface area contributed by atoms with Gasteiger partial charge in [0.2, 0.25) is 0 Å². The van der Waals surface area contributed by atoms with Crippen LogP contribution in [0.15, 0.2) is 0 Å². The van der Waals surface area contributed by atoms with Crippen molar-refractivity contribution in [1.82, 2.24) is 19.6 Å². The summed E-state index contributed by atoms with van der Waals surface area (Å²) < 4.78 is 2.03. The Morgan fingerprint density at radius 1 is 1.14 bits per heavy atom. The molecular weight excluding hydrogens is 176 g/mol. The van der Waals surface area contributed by atoms with E-state index in [-0.39, 0.29) is 0 Å². The first-order chi connectivity index (χ1) is 6.65. The zero-order valence-electron chi connectivity index (χ0n) is 9.00. The fraction of sp³-hybridized carbons (Fsp3) is 0.500. The minimum Gasteiger partial charge on any atom is -0.267 e. The topological polar surface area (TPSA) is 43.1 Å². The predicted molar refractivity (Wildman–Crippen MR) is 54.4 cm³/mol. The van der Waals surface area contributed by atoms with Gasteiger partial charge in [0.15, 0.2) is 5.65 Å². The third-order valence-electron chi connectivity index (χ3n) is 2.58. The quantitative estimate of drug-likeness (QED) is 0.686. The highest BCUT2D eigenvalue weighted by molar-refractivity contribution is 5.49. The number of fused-ring (bicyclic) bond motifs is 1. The molecule has 0 aliphatic rings. The summed E-state index contributed by atoms with van der Waals surface area (Å²) in [6.45, 7) is 8.10. The summed E-state index contributed by atoms with van der Waals surface area (Å²) >= 11 is 0. The van der Waals surface area contributed by atoms with Gasteiger partial charge < -0.3 is 0 Å². The maximum atomic E-state index is 4.47. The van der Waals surface area contributed by atoms with Crippen LogP contribution in [0, 0.1) is 20.8 Å². The molecular formula is C10H14N4. The molecule has 0 fully saturated rings. The SMILES string of the molecule is CCc1nnc2c(C)c(C)nc(C)n12. The van der Waals surface area contributed by atoms with Crippen molar-refractivity contribution < 1.29 is 0 Å². The molecule has 0 unspecified atom stereocenters. The number of hydrogen-bond donors (Lipinski definition) is 0. The van der Waals surface area contributed by atoms with Gasteiger partial charge in [-0.05, 0) is 20.8 Å². The molecule has 2 rings (SSSR count). The Labute approximate surface area is 83.0 Å². The summed E-state index contributed by atoms with van der Waals surface area (Å²) in [5.41, 5.74) is 3.08. The first-order valence-electron chi connectivity index (χ1n) is 4.83. The Kier molecular flexibility index (Phi) is 1.98. The van der Waals surface area contributed by atoms with Crippen LogP contribution in [0.1, 0.15) is 29.8 Å². The average molecular weight is 190 g/mol. The number of rotatable bonds is 1. The van der Waals surface area contributed by atoms with Gasteiger partial charge in [0.25, 0.3) is 0 Å². The second kappa shape index (κ2) is 3.04. The van der Waals surface area contributed by atoms with Gasteiger partial charge in [-0.2, -0.15) is 0 Å². The Balaban J connectivity index is 2.90. The summed E-state index contributed by atoms with van der Waals surface area (Å²) in [5.74, 6) is 1.94. The highest BCUT2D eigenvalue weighted by Gasteiger charge is 2.10. The first-order valence-corrected chi connectivity index (χ1v) is 4.83. The Morgan fingerprint density at radius 2 is 1.86 bits per heavy atom. The van der Waals surface area contributed by atoms with Crippen molar-refractivity contribution in [2.45, 2.75) is 34.1 Å². The van der Waals surface area contributed by atoms with Crippen LogP contribution in [0.25, 0.3) is 5.65 Å². The van der Waals surface area contributed by atoms with Crippen molar-refractivity contribution in [3.05, 3.63) is 22.9 Å². The molecule has 0 radical (unpaired) electrons. The van der Waals surface area contributed by atoms with E-state index in [0.717, 1.165) is 35.0 Å². The number of nitrogens with zero attached hydrogens (tertiary/aromatic N) is 4. The third kappa shape index (κ3) is 1.10. The normalized spacial score (nSPS) is 11.1. The van der Waals surface area contributed by atoms with E-state index in [4.69, 9.17) is 0 Å². The van der Waals surface area contributed by atoms with Crippen molar-refractivity contribution in [3.8, 4) is 0 Å². The van der Waals surface area contributed by atoms with E-state index in [1.807, 2.05) is 25.2 Å². The van der Waals surface area contributed by atoms with E-state index in [2.05, 4.69) is 22.1 Å². The second-order valence-electron chi connectivity index (χ2n) is 3.50. The highest BCUT2D eigenvalue weighted by atomic mass is 15.3. The minimum absolute atomic E-state index is 0.881. The van der Waals surface area contributed by atoms with E-state index >= 15 is 0 Å². The zero-order chi connectivity index (χ0) is 10.3. The minimum atomic E-state index is 0.881. The molecule has 2 aromatic heterocycles. The zero-order valence-corrected chi connectivity index (χ0v) is 9.00. The molecule has 0 amide bonds. The Morgan fingerprint density at radius 3 is 2.50 bits per heavy atom. The van der Waals surface area contributed by atoms with E-state index in [9.17, 15) is 0 Å². The summed E-state index contributed by atoms with van der Waals surface area (Å²) in [5, 5.41) is 8.33. The Hall–Kier alpha value is -1.45. The maximum Gasteiger partial charge on any atom is 0.166 e. The van der Waals surface area contributed by atoms with Gasteiger partial charge in [0, 0.05) is 17.7 Å². The van der Waals surface area contributed by atoms with Crippen LogP contribution in [-0.2, 0) is 6.42 Å². The largest absolute Gasteiger partial charge is 0.267 e. The van der Waals surface area contributed by atoms with Crippen LogP contribution in [0.3, 0.4) is 0 Å². The van der Waals surface area contributed by atoms with Gasteiger partial charge in [0.05, 0.1) is 0 Å². The lowest BCUT2D eigenvalue weighted by molar-refractivity contribution is 0.856. The number of aromatic nitrogens is 4. The van der Waals surface area contributed by atoms with Gasteiger partial charge in [-0.3, -0.25) is 4.40 Å². The summed E-state index contributed by atoms with van der Waals surface area (Å²) in [6.07, 6.45) is 0.881. The van der Waals surface area contributed by atoms with E-state index in [1.54, 1.807) is 0 Å². The van der Waals surface area contributed by atoms with Crippen molar-refractivity contribution >= 4 is 5.65 Å². The molecule has 14 heavy (non-hydrogen) atoms. The molecule has 0 aromatic carbocycles. The molecule has 0 N–H and O–H groups in total. The molecule has 2 aromatic rings. The average Bonchev–Trinajstić information content (AvgIpc) is 2.58. The molecule has 0 aliphatic carbocycles. The van der Waals surface area contributed by atoms with Gasteiger partial charge in [0.1, 0.15) is 11.6 Å². The van der Waals surface area contributed by atoms with E-state index < -0.39 is 0 Å². The standard InChI is InChI=1S/C10H14N4/c1-5-9-12-13-10-6(2)7(3)11-8(4)14(9)10/h5H2,1-4H3. The molecule has 0 saturated carbocycles. The molecule has 0 spiro atoms. The fourth-order valence-electron chi connectivity index (χ4n) is 1.67. The van der Waals surface area contributed by atoms with Gasteiger partial charge in [-0.1, -0.05) is 6.92 Å². The molecule has 4 nitrogen and oxygen atoms in total. The summed E-state index contributed by atoms with van der Waals surface area (Å²) in [6, 6.07) is 0. The lowest BCUT2D eigenvalue weighted by atomic mass is 10.2.